The van der Waals surface area contributed by atoms with Crippen LogP contribution in [0.25, 0.3) is 0 Å². The van der Waals surface area contributed by atoms with Crippen molar-refractivity contribution in [1.29, 1.82) is 5.26 Å². The molecular formula is C14H14F3NO3. The molecular weight excluding hydrogens is 287 g/mol. The van der Waals surface area contributed by atoms with Gasteiger partial charge < -0.3 is 14.2 Å². The molecule has 114 valence electrons. The van der Waals surface area contributed by atoms with Gasteiger partial charge in [-0.1, -0.05) is 0 Å². The monoisotopic (exact) mass is 301 g/mol. The Morgan fingerprint density at radius 3 is 2.62 bits per heavy atom. The first-order valence-electron chi connectivity index (χ1n) is 6.48. The summed E-state index contributed by atoms with van der Waals surface area (Å²) in [5, 5.41) is 8.67. The highest BCUT2D eigenvalue weighted by molar-refractivity contribution is 5.43. The molecule has 0 unspecified atom stereocenters. The third kappa shape index (κ3) is 4.34. The molecule has 1 fully saturated rings. The van der Waals surface area contributed by atoms with E-state index >= 15 is 0 Å². The number of hydrogen-bond acceptors (Lipinski definition) is 4. The third-order valence-corrected chi connectivity index (χ3v) is 2.92. The summed E-state index contributed by atoms with van der Waals surface area (Å²) in [5.41, 5.74) is -1.01. The average Bonchev–Trinajstić information content (AvgIpc) is 2.47. The van der Waals surface area contributed by atoms with Crippen molar-refractivity contribution in [3.63, 3.8) is 0 Å². The molecule has 1 aromatic carbocycles. The lowest BCUT2D eigenvalue weighted by molar-refractivity contribution is -0.183. The van der Waals surface area contributed by atoms with Crippen LogP contribution in [0, 0.1) is 11.3 Å². The number of ether oxygens (including phenoxy) is 3. The summed E-state index contributed by atoms with van der Waals surface area (Å²) in [5.74, 6) is -0.294. The number of alkyl halides is 3. The average molecular weight is 301 g/mol. The number of halogens is 3. The number of nitriles is 1. The molecule has 1 heterocycles. The Labute approximate surface area is 120 Å². The maximum absolute atomic E-state index is 12.9. The van der Waals surface area contributed by atoms with Gasteiger partial charge in [0.15, 0.2) is 6.29 Å². The van der Waals surface area contributed by atoms with E-state index in [0.29, 0.717) is 19.6 Å². The van der Waals surface area contributed by atoms with E-state index in [1.165, 1.54) is 6.07 Å². The Kier molecular flexibility index (Phi) is 5.04. The molecule has 0 aromatic heterocycles. The highest BCUT2D eigenvalue weighted by Gasteiger charge is 2.34. The largest absolute Gasteiger partial charge is 0.493 e. The Morgan fingerprint density at radius 2 is 2.00 bits per heavy atom. The Balaban J connectivity index is 2.00. The molecule has 21 heavy (non-hydrogen) atoms. The molecule has 0 amide bonds. The zero-order valence-corrected chi connectivity index (χ0v) is 11.2. The fourth-order valence-corrected chi connectivity index (χ4v) is 1.92. The number of nitrogens with zero attached hydrogens (tertiary/aromatic N) is 1. The van der Waals surface area contributed by atoms with Crippen LogP contribution in [-0.2, 0) is 15.7 Å². The van der Waals surface area contributed by atoms with Crippen LogP contribution in [0.15, 0.2) is 18.2 Å². The van der Waals surface area contributed by atoms with Crippen LogP contribution < -0.4 is 4.74 Å². The summed E-state index contributed by atoms with van der Waals surface area (Å²) >= 11 is 0. The highest BCUT2D eigenvalue weighted by Crippen LogP contribution is 2.36. The lowest BCUT2D eigenvalue weighted by atomic mass is 10.1. The van der Waals surface area contributed by atoms with Crippen molar-refractivity contribution in [3.8, 4) is 11.8 Å². The molecule has 0 N–H and O–H groups in total. The summed E-state index contributed by atoms with van der Waals surface area (Å²) in [4.78, 5) is 0. The summed E-state index contributed by atoms with van der Waals surface area (Å²) in [7, 11) is 0. The van der Waals surface area contributed by atoms with Gasteiger partial charge in [-0.15, -0.1) is 0 Å². The minimum Gasteiger partial charge on any atom is -0.493 e. The van der Waals surface area contributed by atoms with Crippen LogP contribution in [0.5, 0.6) is 5.75 Å². The molecule has 0 spiro atoms. The van der Waals surface area contributed by atoms with E-state index in [0.717, 1.165) is 18.6 Å². The highest BCUT2D eigenvalue weighted by atomic mass is 19.4. The first-order chi connectivity index (χ1) is 10.0. The lowest BCUT2D eigenvalue weighted by Crippen LogP contribution is -2.26. The maximum atomic E-state index is 12.9. The second-order valence-corrected chi connectivity index (χ2v) is 4.48. The van der Waals surface area contributed by atoms with Crippen molar-refractivity contribution in [2.24, 2.45) is 0 Å². The van der Waals surface area contributed by atoms with Gasteiger partial charge in [0.1, 0.15) is 5.75 Å². The molecule has 1 aromatic rings. The van der Waals surface area contributed by atoms with Crippen LogP contribution in [0.3, 0.4) is 0 Å². The van der Waals surface area contributed by atoms with Crippen LogP contribution in [0.4, 0.5) is 13.2 Å². The number of rotatable bonds is 4. The van der Waals surface area contributed by atoms with Gasteiger partial charge in [0, 0.05) is 6.42 Å². The molecule has 2 rings (SSSR count). The molecule has 4 nitrogen and oxygen atoms in total. The van der Waals surface area contributed by atoms with Gasteiger partial charge in [0.25, 0.3) is 0 Å². The van der Waals surface area contributed by atoms with Gasteiger partial charge in [0.2, 0.25) is 0 Å². The lowest BCUT2D eigenvalue weighted by Gasteiger charge is -2.23. The predicted molar refractivity (Wildman–Crippen MR) is 66.6 cm³/mol. The minimum atomic E-state index is -4.57. The van der Waals surface area contributed by atoms with Crippen LogP contribution in [-0.4, -0.2) is 26.1 Å². The van der Waals surface area contributed by atoms with Crippen molar-refractivity contribution in [1.82, 2.24) is 0 Å². The summed E-state index contributed by atoms with van der Waals surface area (Å²) in [6.07, 6.45) is -3.85. The molecule has 0 atom stereocenters. The molecule has 1 saturated heterocycles. The standard InChI is InChI=1S/C14H14F3NO3/c15-14(16,17)11-8-10(9-18)2-3-12(11)19-7-4-13-20-5-1-6-21-13/h2-3,8,13H,1,4-7H2. The SMILES string of the molecule is N#Cc1ccc(OCCC2OCCCO2)c(C(F)(F)F)c1. The topological polar surface area (TPSA) is 51.5 Å². The first kappa shape index (κ1) is 15.6. The summed E-state index contributed by atoms with van der Waals surface area (Å²) in [6.45, 7) is 1.20. The van der Waals surface area contributed by atoms with Crippen molar-refractivity contribution in [2.45, 2.75) is 25.3 Å². The smallest absolute Gasteiger partial charge is 0.420 e. The van der Waals surface area contributed by atoms with Crippen molar-refractivity contribution >= 4 is 0 Å². The van der Waals surface area contributed by atoms with Gasteiger partial charge in [-0.05, 0) is 24.6 Å². The fourth-order valence-electron chi connectivity index (χ4n) is 1.92. The van der Waals surface area contributed by atoms with E-state index in [2.05, 4.69) is 0 Å². The van der Waals surface area contributed by atoms with E-state index < -0.39 is 18.0 Å². The van der Waals surface area contributed by atoms with Crippen molar-refractivity contribution < 1.29 is 27.4 Å². The van der Waals surface area contributed by atoms with E-state index in [-0.39, 0.29) is 17.9 Å². The van der Waals surface area contributed by atoms with Crippen LogP contribution in [0.2, 0.25) is 0 Å². The van der Waals surface area contributed by atoms with Crippen LogP contribution in [0.1, 0.15) is 24.0 Å². The van der Waals surface area contributed by atoms with Crippen LogP contribution >= 0.6 is 0 Å². The molecule has 7 heteroatoms. The Morgan fingerprint density at radius 1 is 1.29 bits per heavy atom. The molecule has 1 aliphatic heterocycles. The van der Waals surface area contributed by atoms with Crippen molar-refractivity contribution in [2.75, 3.05) is 19.8 Å². The van der Waals surface area contributed by atoms with Gasteiger partial charge in [0.05, 0.1) is 37.0 Å². The molecule has 0 bridgehead atoms. The van der Waals surface area contributed by atoms with E-state index in [9.17, 15) is 13.2 Å². The zero-order chi connectivity index (χ0) is 15.3. The van der Waals surface area contributed by atoms with E-state index in [4.69, 9.17) is 19.5 Å². The third-order valence-electron chi connectivity index (χ3n) is 2.92. The normalized spacial score (nSPS) is 16.5. The Hall–Kier alpha value is -1.78. The fraction of sp³-hybridized carbons (Fsp3) is 0.500. The summed E-state index contributed by atoms with van der Waals surface area (Å²) < 4.78 is 54.5. The molecule has 0 saturated carbocycles. The zero-order valence-electron chi connectivity index (χ0n) is 11.2. The molecule has 0 aliphatic carbocycles. The van der Waals surface area contributed by atoms with Gasteiger partial charge in [-0.25, -0.2) is 0 Å². The quantitative estimate of drug-likeness (QED) is 0.857. The van der Waals surface area contributed by atoms with E-state index in [1.54, 1.807) is 6.07 Å². The minimum absolute atomic E-state index is 0.0413. The van der Waals surface area contributed by atoms with Crippen molar-refractivity contribution in [3.05, 3.63) is 29.3 Å². The number of hydrogen-bond donors (Lipinski definition) is 0. The first-order valence-corrected chi connectivity index (χ1v) is 6.48. The van der Waals surface area contributed by atoms with Gasteiger partial charge in [-0.2, -0.15) is 18.4 Å². The Bertz CT molecular complexity index is 519. The predicted octanol–water partition coefficient (Wildman–Crippen LogP) is 3.11. The van der Waals surface area contributed by atoms with Gasteiger partial charge >= 0.3 is 6.18 Å². The summed E-state index contributed by atoms with van der Waals surface area (Å²) in [6, 6.07) is 4.91. The second kappa shape index (κ2) is 6.78. The van der Waals surface area contributed by atoms with E-state index in [1.807, 2.05) is 0 Å². The second-order valence-electron chi connectivity index (χ2n) is 4.48. The maximum Gasteiger partial charge on any atom is 0.420 e. The molecule has 1 aliphatic rings. The molecule has 0 radical (unpaired) electrons. The number of benzene rings is 1. The van der Waals surface area contributed by atoms with Gasteiger partial charge in [-0.3, -0.25) is 0 Å².